The van der Waals surface area contributed by atoms with Crippen molar-refractivity contribution in [2.24, 2.45) is 11.0 Å². The SMILES string of the molecule is CCCC(C)C(C(=O)O)c1ccc(CN2N=C(c3ccccc3)OCC2=O)cc1. The van der Waals surface area contributed by atoms with Gasteiger partial charge in [0.2, 0.25) is 5.90 Å². The largest absolute Gasteiger partial charge is 0.481 e. The molecule has 0 aliphatic carbocycles. The highest BCUT2D eigenvalue weighted by molar-refractivity contribution is 5.97. The van der Waals surface area contributed by atoms with Gasteiger partial charge in [-0.1, -0.05) is 62.7 Å². The van der Waals surface area contributed by atoms with Crippen LogP contribution in [0.2, 0.25) is 0 Å². The third-order valence-electron chi connectivity index (χ3n) is 5.10. The Hall–Kier alpha value is -3.15. The number of carbonyl (C=O) groups excluding carboxylic acids is 1. The maximum atomic E-state index is 12.2. The van der Waals surface area contributed by atoms with Gasteiger partial charge in [-0.05, 0) is 35.6 Å². The summed E-state index contributed by atoms with van der Waals surface area (Å²) in [5.74, 6) is -1.08. The molecule has 2 unspecified atom stereocenters. The van der Waals surface area contributed by atoms with Crippen molar-refractivity contribution in [1.82, 2.24) is 5.01 Å². The van der Waals surface area contributed by atoms with Gasteiger partial charge < -0.3 is 9.84 Å². The van der Waals surface area contributed by atoms with Crippen LogP contribution in [-0.4, -0.2) is 34.5 Å². The number of hydrogen-bond donors (Lipinski definition) is 1. The fraction of sp³-hybridized carbons (Fsp3) is 0.348. The van der Waals surface area contributed by atoms with Crippen LogP contribution >= 0.6 is 0 Å². The van der Waals surface area contributed by atoms with Crippen LogP contribution in [0.3, 0.4) is 0 Å². The van der Waals surface area contributed by atoms with E-state index in [0.29, 0.717) is 12.4 Å². The van der Waals surface area contributed by atoms with Crippen LogP contribution < -0.4 is 0 Å². The molecule has 1 heterocycles. The van der Waals surface area contributed by atoms with Gasteiger partial charge in [0, 0.05) is 5.56 Å². The summed E-state index contributed by atoms with van der Waals surface area (Å²) in [6.07, 6.45) is 1.81. The first-order valence-corrected chi connectivity index (χ1v) is 9.88. The van der Waals surface area contributed by atoms with Gasteiger partial charge in [0.15, 0.2) is 6.61 Å². The molecule has 152 valence electrons. The van der Waals surface area contributed by atoms with E-state index in [2.05, 4.69) is 12.0 Å². The maximum absolute atomic E-state index is 12.2. The molecule has 0 aromatic heterocycles. The number of ether oxygens (including phenoxy) is 1. The molecule has 0 fully saturated rings. The second kappa shape index (κ2) is 9.37. The van der Waals surface area contributed by atoms with E-state index < -0.39 is 11.9 Å². The summed E-state index contributed by atoms with van der Waals surface area (Å²) in [5.41, 5.74) is 2.48. The van der Waals surface area contributed by atoms with Crippen LogP contribution in [0, 0.1) is 5.92 Å². The summed E-state index contributed by atoms with van der Waals surface area (Å²) >= 11 is 0. The Morgan fingerprint density at radius 1 is 1.17 bits per heavy atom. The van der Waals surface area contributed by atoms with Gasteiger partial charge in [0.25, 0.3) is 5.91 Å². The van der Waals surface area contributed by atoms with Gasteiger partial charge in [0.05, 0.1) is 12.5 Å². The molecular formula is C23H26N2O4. The molecule has 0 saturated heterocycles. The maximum Gasteiger partial charge on any atom is 0.311 e. The second-order valence-electron chi connectivity index (χ2n) is 7.33. The fourth-order valence-corrected chi connectivity index (χ4v) is 3.58. The first-order valence-electron chi connectivity index (χ1n) is 9.88. The molecule has 0 radical (unpaired) electrons. The van der Waals surface area contributed by atoms with Gasteiger partial charge in [-0.25, -0.2) is 5.01 Å². The lowest BCUT2D eigenvalue weighted by Crippen LogP contribution is -2.36. The van der Waals surface area contributed by atoms with Crippen LogP contribution in [0.1, 0.15) is 49.3 Å². The van der Waals surface area contributed by atoms with Crippen molar-refractivity contribution in [2.75, 3.05) is 6.61 Å². The van der Waals surface area contributed by atoms with Gasteiger partial charge in [-0.15, -0.1) is 5.10 Å². The third-order valence-corrected chi connectivity index (χ3v) is 5.10. The number of nitrogens with zero attached hydrogens (tertiary/aromatic N) is 2. The normalized spacial score (nSPS) is 16.0. The molecule has 0 bridgehead atoms. The molecule has 6 heteroatoms. The lowest BCUT2D eigenvalue weighted by molar-refractivity contribution is -0.140. The van der Waals surface area contributed by atoms with E-state index in [-0.39, 0.29) is 18.4 Å². The van der Waals surface area contributed by atoms with Crippen molar-refractivity contribution in [2.45, 2.75) is 39.2 Å². The quantitative estimate of drug-likeness (QED) is 0.734. The summed E-state index contributed by atoms with van der Waals surface area (Å²) < 4.78 is 5.46. The lowest BCUT2D eigenvalue weighted by atomic mass is 9.84. The minimum Gasteiger partial charge on any atom is -0.481 e. The molecule has 2 aromatic carbocycles. The van der Waals surface area contributed by atoms with Crippen molar-refractivity contribution in [3.63, 3.8) is 0 Å². The lowest BCUT2D eigenvalue weighted by Gasteiger charge is -2.24. The van der Waals surface area contributed by atoms with Gasteiger partial charge >= 0.3 is 5.97 Å². The summed E-state index contributed by atoms with van der Waals surface area (Å²) in [6, 6.07) is 16.9. The van der Waals surface area contributed by atoms with Crippen LogP contribution in [-0.2, 0) is 20.9 Å². The number of carboxylic acids is 1. The standard InChI is InChI=1S/C23H26N2O4/c1-3-7-16(2)21(23(27)28)18-12-10-17(11-13-18)14-25-20(26)15-29-22(24-25)19-8-5-4-6-9-19/h4-6,8-13,16,21H,3,7,14-15H2,1-2H3,(H,27,28). The zero-order chi connectivity index (χ0) is 20.8. The predicted octanol–water partition coefficient (Wildman–Crippen LogP) is 4.01. The minimum absolute atomic E-state index is 0.0541. The van der Waals surface area contributed by atoms with Gasteiger partial charge in [-0.2, -0.15) is 0 Å². The highest BCUT2D eigenvalue weighted by Crippen LogP contribution is 2.29. The number of hydrazone groups is 1. The smallest absolute Gasteiger partial charge is 0.311 e. The molecule has 29 heavy (non-hydrogen) atoms. The van der Waals surface area contributed by atoms with Gasteiger partial charge in [-0.3, -0.25) is 9.59 Å². The topological polar surface area (TPSA) is 79.2 Å². The fourth-order valence-electron chi connectivity index (χ4n) is 3.58. The number of rotatable bonds is 8. The number of carbonyl (C=O) groups is 2. The molecule has 6 nitrogen and oxygen atoms in total. The molecule has 2 aromatic rings. The summed E-state index contributed by atoms with van der Waals surface area (Å²) in [4.78, 5) is 24.0. The van der Waals surface area contributed by atoms with Crippen molar-refractivity contribution in [3.05, 3.63) is 71.3 Å². The Morgan fingerprint density at radius 3 is 2.48 bits per heavy atom. The minimum atomic E-state index is -0.806. The van der Waals surface area contributed by atoms with Gasteiger partial charge in [0.1, 0.15) is 0 Å². The molecule has 3 rings (SSSR count). The molecule has 1 aliphatic rings. The number of benzene rings is 2. The Labute approximate surface area is 170 Å². The molecule has 2 atom stereocenters. The molecule has 1 N–H and O–H groups in total. The molecule has 0 spiro atoms. The molecule has 1 amide bonds. The average Bonchev–Trinajstić information content (AvgIpc) is 2.72. The Morgan fingerprint density at radius 2 is 1.86 bits per heavy atom. The Kier molecular flexibility index (Phi) is 6.65. The first-order chi connectivity index (χ1) is 14.0. The van der Waals surface area contributed by atoms with Crippen molar-refractivity contribution in [1.29, 1.82) is 0 Å². The second-order valence-corrected chi connectivity index (χ2v) is 7.33. The van der Waals surface area contributed by atoms with E-state index in [4.69, 9.17) is 4.74 Å². The van der Waals surface area contributed by atoms with Crippen molar-refractivity contribution >= 4 is 17.8 Å². The van der Waals surface area contributed by atoms with E-state index in [1.165, 1.54) is 5.01 Å². The van der Waals surface area contributed by atoms with E-state index in [1.54, 1.807) is 0 Å². The Bertz CT molecular complexity index is 878. The van der Waals surface area contributed by atoms with Crippen molar-refractivity contribution in [3.8, 4) is 0 Å². The van der Waals surface area contributed by atoms with E-state index >= 15 is 0 Å². The zero-order valence-electron chi connectivity index (χ0n) is 16.7. The molecule has 1 aliphatic heterocycles. The van der Waals surface area contributed by atoms with Crippen LogP contribution in [0.25, 0.3) is 0 Å². The number of hydrogen-bond acceptors (Lipinski definition) is 4. The molecular weight excluding hydrogens is 368 g/mol. The highest BCUT2D eigenvalue weighted by atomic mass is 16.5. The van der Waals surface area contributed by atoms with E-state index in [0.717, 1.165) is 29.5 Å². The predicted molar refractivity (Wildman–Crippen MR) is 110 cm³/mol. The first kappa shape index (κ1) is 20.6. The highest BCUT2D eigenvalue weighted by Gasteiger charge is 2.26. The van der Waals surface area contributed by atoms with E-state index in [9.17, 15) is 14.7 Å². The number of carboxylic acid groups (broad SMARTS) is 1. The third kappa shape index (κ3) is 5.02. The number of amides is 1. The van der Waals surface area contributed by atoms with Crippen molar-refractivity contribution < 1.29 is 19.4 Å². The number of aliphatic carboxylic acids is 1. The molecule has 0 saturated carbocycles. The van der Waals surface area contributed by atoms with Crippen LogP contribution in [0.4, 0.5) is 0 Å². The van der Waals surface area contributed by atoms with Crippen LogP contribution in [0.5, 0.6) is 0 Å². The average molecular weight is 394 g/mol. The van der Waals surface area contributed by atoms with E-state index in [1.807, 2.05) is 61.5 Å². The summed E-state index contributed by atoms with van der Waals surface area (Å²) in [5, 5.41) is 15.4. The van der Waals surface area contributed by atoms with Crippen LogP contribution in [0.15, 0.2) is 59.7 Å². The Balaban J connectivity index is 1.76. The summed E-state index contributed by atoms with van der Waals surface area (Å²) in [6.45, 7) is 4.28. The monoisotopic (exact) mass is 394 g/mol. The summed E-state index contributed by atoms with van der Waals surface area (Å²) in [7, 11) is 0. The zero-order valence-corrected chi connectivity index (χ0v) is 16.7.